The van der Waals surface area contributed by atoms with Crippen LogP contribution in [0.25, 0.3) is 11.1 Å². The monoisotopic (exact) mass is 263 g/mol. The molecule has 19 heavy (non-hydrogen) atoms. The first-order valence-electron chi connectivity index (χ1n) is 5.30. The van der Waals surface area contributed by atoms with Crippen molar-refractivity contribution in [2.24, 2.45) is 0 Å². The van der Waals surface area contributed by atoms with Gasteiger partial charge < -0.3 is 4.74 Å². The lowest BCUT2D eigenvalue weighted by Gasteiger charge is -2.07. The standard InChI is InChI=1S/C14H8F3NO/c1-19-14-12(16)5-10(6-13(14)17)8-2-3-9(7-18)11(15)4-8/h2-6H,1H3. The van der Waals surface area contributed by atoms with Gasteiger partial charge in [-0.05, 0) is 35.4 Å². The number of ether oxygens (including phenoxy) is 1. The lowest BCUT2D eigenvalue weighted by atomic mass is 10.0. The van der Waals surface area contributed by atoms with Crippen LogP contribution in [0.2, 0.25) is 0 Å². The summed E-state index contributed by atoms with van der Waals surface area (Å²) in [6.07, 6.45) is 0. The predicted octanol–water partition coefficient (Wildman–Crippen LogP) is 3.65. The Morgan fingerprint density at radius 2 is 1.53 bits per heavy atom. The van der Waals surface area contributed by atoms with Crippen LogP contribution in [-0.4, -0.2) is 7.11 Å². The van der Waals surface area contributed by atoms with Crippen molar-refractivity contribution in [3.05, 3.63) is 53.3 Å². The minimum Gasteiger partial charge on any atom is -0.491 e. The van der Waals surface area contributed by atoms with Gasteiger partial charge in [0, 0.05) is 0 Å². The molecule has 0 aromatic heterocycles. The highest BCUT2D eigenvalue weighted by Gasteiger charge is 2.13. The molecule has 0 radical (unpaired) electrons. The van der Waals surface area contributed by atoms with E-state index in [1.807, 2.05) is 0 Å². The van der Waals surface area contributed by atoms with Crippen molar-refractivity contribution >= 4 is 0 Å². The molecule has 0 N–H and O–H groups in total. The fourth-order valence-corrected chi connectivity index (χ4v) is 1.71. The van der Waals surface area contributed by atoms with Gasteiger partial charge in [-0.3, -0.25) is 0 Å². The van der Waals surface area contributed by atoms with Gasteiger partial charge in [-0.2, -0.15) is 5.26 Å². The Morgan fingerprint density at radius 3 is 2.00 bits per heavy atom. The molecule has 2 aromatic carbocycles. The van der Waals surface area contributed by atoms with Crippen molar-refractivity contribution in [1.29, 1.82) is 5.26 Å². The molecule has 0 saturated heterocycles. The van der Waals surface area contributed by atoms with Crippen LogP contribution >= 0.6 is 0 Å². The van der Waals surface area contributed by atoms with Crippen LogP contribution in [0.15, 0.2) is 30.3 Å². The molecule has 0 unspecified atom stereocenters. The van der Waals surface area contributed by atoms with Crippen LogP contribution in [0.3, 0.4) is 0 Å². The minimum absolute atomic E-state index is 0.127. The van der Waals surface area contributed by atoms with E-state index in [1.165, 1.54) is 12.1 Å². The molecule has 0 saturated carbocycles. The lowest BCUT2D eigenvalue weighted by Crippen LogP contribution is -1.94. The van der Waals surface area contributed by atoms with E-state index in [-0.39, 0.29) is 16.7 Å². The Balaban J connectivity index is 2.54. The maximum Gasteiger partial charge on any atom is 0.190 e. The first-order valence-corrected chi connectivity index (χ1v) is 5.30. The average Bonchev–Trinajstić information content (AvgIpc) is 2.38. The molecule has 2 rings (SSSR count). The third-order valence-corrected chi connectivity index (χ3v) is 2.63. The third-order valence-electron chi connectivity index (χ3n) is 2.63. The zero-order chi connectivity index (χ0) is 14.0. The Hall–Kier alpha value is -2.48. The fraction of sp³-hybridized carbons (Fsp3) is 0.0714. The number of nitriles is 1. The van der Waals surface area contributed by atoms with Crippen molar-refractivity contribution in [2.75, 3.05) is 7.11 Å². The molecular formula is C14H8F3NO. The van der Waals surface area contributed by atoms with E-state index in [0.29, 0.717) is 0 Å². The topological polar surface area (TPSA) is 33.0 Å². The number of benzene rings is 2. The van der Waals surface area contributed by atoms with Crippen LogP contribution in [-0.2, 0) is 0 Å². The molecule has 0 amide bonds. The molecule has 2 aromatic rings. The Morgan fingerprint density at radius 1 is 0.947 bits per heavy atom. The zero-order valence-corrected chi connectivity index (χ0v) is 9.88. The predicted molar refractivity (Wildman–Crippen MR) is 63.0 cm³/mol. The number of hydrogen-bond donors (Lipinski definition) is 0. The Labute approximate surface area is 107 Å². The van der Waals surface area contributed by atoms with E-state index >= 15 is 0 Å². The van der Waals surface area contributed by atoms with Crippen LogP contribution in [0.1, 0.15) is 5.56 Å². The van der Waals surface area contributed by atoms with Gasteiger partial charge >= 0.3 is 0 Å². The molecule has 0 aliphatic rings. The van der Waals surface area contributed by atoms with E-state index in [0.717, 1.165) is 25.3 Å². The second-order valence-electron chi connectivity index (χ2n) is 3.78. The van der Waals surface area contributed by atoms with Crippen LogP contribution < -0.4 is 4.74 Å². The van der Waals surface area contributed by atoms with Crippen molar-refractivity contribution in [2.45, 2.75) is 0 Å². The van der Waals surface area contributed by atoms with Gasteiger partial charge in [0.1, 0.15) is 11.9 Å². The van der Waals surface area contributed by atoms with Gasteiger partial charge in [0.15, 0.2) is 17.4 Å². The summed E-state index contributed by atoms with van der Waals surface area (Å²) in [5.41, 5.74) is 0.314. The molecule has 0 aliphatic carbocycles. The average molecular weight is 263 g/mol. The SMILES string of the molecule is COc1c(F)cc(-c2ccc(C#N)c(F)c2)cc1F. The highest BCUT2D eigenvalue weighted by molar-refractivity contribution is 5.65. The van der Waals surface area contributed by atoms with Crippen molar-refractivity contribution < 1.29 is 17.9 Å². The summed E-state index contributed by atoms with van der Waals surface area (Å²) in [6.45, 7) is 0. The van der Waals surface area contributed by atoms with Gasteiger partial charge in [0.25, 0.3) is 0 Å². The van der Waals surface area contributed by atoms with E-state index in [9.17, 15) is 13.2 Å². The summed E-state index contributed by atoms with van der Waals surface area (Å²) in [5.74, 6) is -2.97. The highest BCUT2D eigenvalue weighted by Crippen LogP contribution is 2.29. The number of halogens is 3. The summed E-state index contributed by atoms with van der Waals surface area (Å²) in [4.78, 5) is 0. The van der Waals surface area contributed by atoms with Crippen LogP contribution in [0.4, 0.5) is 13.2 Å². The molecule has 0 atom stereocenters. The van der Waals surface area contributed by atoms with Crippen molar-refractivity contribution in [3.63, 3.8) is 0 Å². The molecular weight excluding hydrogens is 255 g/mol. The van der Waals surface area contributed by atoms with Gasteiger partial charge in [0.05, 0.1) is 12.7 Å². The summed E-state index contributed by atoms with van der Waals surface area (Å²) in [6, 6.07) is 7.49. The molecule has 2 nitrogen and oxygen atoms in total. The highest BCUT2D eigenvalue weighted by atomic mass is 19.1. The van der Waals surface area contributed by atoms with Gasteiger partial charge in [-0.15, -0.1) is 0 Å². The first kappa shape index (κ1) is 13.0. The Kier molecular flexibility index (Phi) is 3.43. The lowest BCUT2D eigenvalue weighted by molar-refractivity contribution is 0.360. The number of rotatable bonds is 2. The van der Waals surface area contributed by atoms with Gasteiger partial charge in [0.2, 0.25) is 0 Å². The minimum atomic E-state index is -0.873. The quantitative estimate of drug-likeness (QED) is 0.828. The van der Waals surface area contributed by atoms with E-state index in [4.69, 9.17) is 5.26 Å². The van der Waals surface area contributed by atoms with Crippen LogP contribution in [0, 0.1) is 28.8 Å². The summed E-state index contributed by atoms with van der Waals surface area (Å²) in [7, 11) is 1.16. The molecule has 0 spiro atoms. The number of hydrogen-bond acceptors (Lipinski definition) is 2. The van der Waals surface area contributed by atoms with Gasteiger partial charge in [-0.25, -0.2) is 13.2 Å². The third kappa shape index (κ3) is 2.38. The normalized spacial score (nSPS) is 10.1. The van der Waals surface area contributed by atoms with Crippen molar-refractivity contribution in [1.82, 2.24) is 0 Å². The summed E-state index contributed by atoms with van der Waals surface area (Å²) < 4.78 is 45.1. The van der Waals surface area contributed by atoms with E-state index in [2.05, 4.69) is 4.74 Å². The second kappa shape index (κ2) is 5.02. The molecule has 0 fully saturated rings. The molecule has 96 valence electrons. The second-order valence-corrected chi connectivity index (χ2v) is 3.78. The summed E-state index contributed by atoms with van der Waals surface area (Å²) >= 11 is 0. The molecule has 5 heteroatoms. The smallest absolute Gasteiger partial charge is 0.190 e. The number of nitrogens with zero attached hydrogens (tertiary/aromatic N) is 1. The molecule has 0 bridgehead atoms. The molecule has 0 heterocycles. The Bertz CT molecular complexity index is 654. The zero-order valence-electron chi connectivity index (χ0n) is 9.88. The van der Waals surface area contributed by atoms with E-state index < -0.39 is 23.2 Å². The first-order chi connectivity index (χ1) is 9.06. The van der Waals surface area contributed by atoms with E-state index in [1.54, 1.807) is 6.07 Å². The maximum absolute atomic E-state index is 13.5. The molecule has 0 aliphatic heterocycles. The van der Waals surface area contributed by atoms with Gasteiger partial charge in [-0.1, -0.05) is 6.07 Å². The summed E-state index contributed by atoms with van der Waals surface area (Å²) in [5, 5.41) is 8.61. The number of methoxy groups -OCH3 is 1. The van der Waals surface area contributed by atoms with Crippen LogP contribution in [0.5, 0.6) is 5.75 Å². The van der Waals surface area contributed by atoms with Crippen molar-refractivity contribution in [3.8, 4) is 22.9 Å². The fourth-order valence-electron chi connectivity index (χ4n) is 1.71. The maximum atomic E-state index is 13.5. The largest absolute Gasteiger partial charge is 0.491 e.